The summed E-state index contributed by atoms with van der Waals surface area (Å²) in [6, 6.07) is 4.23. The van der Waals surface area contributed by atoms with Crippen LogP contribution in [0, 0.1) is 5.82 Å². The first-order valence-corrected chi connectivity index (χ1v) is 6.18. The van der Waals surface area contributed by atoms with Gasteiger partial charge in [-0.25, -0.2) is 12.8 Å². The highest BCUT2D eigenvalue weighted by Gasteiger charge is 2.24. The van der Waals surface area contributed by atoms with Gasteiger partial charge < -0.3 is 5.11 Å². The summed E-state index contributed by atoms with van der Waals surface area (Å²) in [7, 11) is -2.39. The molecule has 0 aliphatic carbocycles. The minimum Gasteiger partial charge on any atom is -0.395 e. The van der Waals surface area contributed by atoms with Crippen LogP contribution in [0.2, 0.25) is 0 Å². The predicted molar refractivity (Wildman–Crippen MR) is 57.9 cm³/mol. The van der Waals surface area contributed by atoms with Crippen molar-refractivity contribution in [1.29, 1.82) is 0 Å². The van der Waals surface area contributed by atoms with E-state index < -0.39 is 21.9 Å². The number of rotatable bonds is 4. The maximum atomic E-state index is 12.9. The van der Waals surface area contributed by atoms with Crippen molar-refractivity contribution in [3.63, 3.8) is 0 Å². The third-order valence-electron chi connectivity index (χ3n) is 2.36. The lowest BCUT2D eigenvalue weighted by Gasteiger charge is -2.22. The molecule has 0 amide bonds. The van der Waals surface area contributed by atoms with E-state index in [1.165, 1.54) is 25.2 Å². The van der Waals surface area contributed by atoms with Gasteiger partial charge in [0, 0.05) is 13.1 Å². The van der Waals surface area contributed by atoms with Crippen molar-refractivity contribution in [3.05, 3.63) is 30.1 Å². The number of benzene rings is 1. The minimum absolute atomic E-state index is 0.115. The molecule has 4 nitrogen and oxygen atoms in total. The molecule has 1 atom stereocenters. The summed E-state index contributed by atoms with van der Waals surface area (Å²) in [5.41, 5.74) is 0. The molecule has 0 bridgehead atoms. The second-order valence-corrected chi connectivity index (χ2v) is 5.51. The van der Waals surface area contributed by atoms with E-state index in [-0.39, 0.29) is 11.5 Å². The van der Waals surface area contributed by atoms with Crippen molar-refractivity contribution >= 4 is 10.0 Å². The van der Waals surface area contributed by atoms with Crippen LogP contribution in [0.25, 0.3) is 0 Å². The zero-order chi connectivity index (χ0) is 12.3. The summed E-state index contributed by atoms with van der Waals surface area (Å²) in [4.78, 5) is -0.115. The molecule has 16 heavy (non-hydrogen) atoms. The van der Waals surface area contributed by atoms with Crippen LogP contribution in [0.5, 0.6) is 0 Å². The van der Waals surface area contributed by atoms with Gasteiger partial charge in [0.15, 0.2) is 0 Å². The zero-order valence-corrected chi connectivity index (χ0v) is 9.91. The minimum atomic E-state index is -3.74. The van der Waals surface area contributed by atoms with Crippen LogP contribution in [-0.2, 0) is 10.0 Å². The second kappa shape index (κ2) is 4.90. The molecular formula is C10H14FNO3S. The van der Waals surface area contributed by atoms with Crippen molar-refractivity contribution in [3.8, 4) is 0 Å². The summed E-state index contributed by atoms with van der Waals surface area (Å²) in [6.45, 7) is 1.28. The quantitative estimate of drug-likeness (QED) is 0.857. The van der Waals surface area contributed by atoms with Crippen LogP contribution < -0.4 is 0 Å². The van der Waals surface area contributed by atoms with Crippen molar-refractivity contribution < 1.29 is 17.9 Å². The number of aliphatic hydroxyl groups excluding tert-OH is 1. The molecule has 0 heterocycles. The van der Waals surface area contributed by atoms with Crippen molar-refractivity contribution in [2.45, 2.75) is 17.9 Å². The number of halogens is 1. The summed E-state index contributed by atoms with van der Waals surface area (Å²) in [6.07, 6.45) is 0. The zero-order valence-electron chi connectivity index (χ0n) is 9.09. The molecule has 0 saturated carbocycles. The topological polar surface area (TPSA) is 57.6 Å². The maximum Gasteiger partial charge on any atom is 0.243 e. The van der Waals surface area contributed by atoms with Crippen molar-refractivity contribution in [2.75, 3.05) is 13.7 Å². The van der Waals surface area contributed by atoms with Crippen molar-refractivity contribution in [1.82, 2.24) is 4.31 Å². The molecule has 1 unspecified atom stereocenters. The highest BCUT2D eigenvalue weighted by molar-refractivity contribution is 7.89. The SMILES string of the molecule is CC(CO)N(C)S(=O)(=O)c1cccc(F)c1. The van der Waals surface area contributed by atoms with Gasteiger partial charge in [-0.15, -0.1) is 0 Å². The van der Waals surface area contributed by atoms with Gasteiger partial charge >= 0.3 is 0 Å². The lowest BCUT2D eigenvalue weighted by molar-refractivity contribution is 0.214. The van der Waals surface area contributed by atoms with E-state index in [0.29, 0.717) is 0 Å². The van der Waals surface area contributed by atoms with E-state index >= 15 is 0 Å². The Morgan fingerprint density at radius 2 is 2.12 bits per heavy atom. The monoisotopic (exact) mass is 247 g/mol. The van der Waals surface area contributed by atoms with Crippen LogP contribution in [0.15, 0.2) is 29.2 Å². The van der Waals surface area contributed by atoms with Crippen LogP contribution in [0.1, 0.15) is 6.92 Å². The fourth-order valence-electron chi connectivity index (χ4n) is 1.15. The fourth-order valence-corrected chi connectivity index (χ4v) is 2.53. The summed E-state index contributed by atoms with van der Waals surface area (Å²) >= 11 is 0. The van der Waals surface area contributed by atoms with E-state index in [1.54, 1.807) is 6.92 Å². The molecule has 0 radical (unpaired) electrons. The van der Waals surface area contributed by atoms with E-state index in [9.17, 15) is 12.8 Å². The van der Waals surface area contributed by atoms with Crippen LogP contribution in [0.3, 0.4) is 0 Å². The Bertz CT molecular complexity index is 461. The van der Waals surface area contributed by atoms with Crippen LogP contribution in [-0.4, -0.2) is 37.5 Å². The third kappa shape index (κ3) is 2.58. The third-order valence-corrected chi connectivity index (χ3v) is 4.33. The Morgan fingerprint density at radius 1 is 1.50 bits per heavy atom. The van der Waals surface area contributed by atoms with Gasteiger partial charge in [0.25, 0.3) is 0 Å². The van der Waals surface area contributed by atoms with E-state index in [2.05, 4.69) is 0 Å². The highest BCUT2D eigenvalue weighted by Crippen LogP contribution is 2.17. The Labute approximate surface area is 94.4 Å². The molecule has 0 fully saturated rings. The Hall–Kier alpha value is -0.980. The fraction of sp³-hybridized carbons (Fsp3) is 0.400. The number of hydrogen-bond donors (Lipinski definition) is 1. The molecule has 1 N–H and O–H groups in total. The first-order valence-electron chi connectivity index (χ1n) is 4.74. The Morgan fingerprint density at radius 3 is 2.62 bits per heavy atom. The van der Waals surface area contributed by atoms with Gasteiger partial charge in [-0.1, -0.05) is 6.07 Å². The molecule has 1 aromatic carbocycles. The molecule has 0 aliphatic heterocycles. The summed E-state index contributed by atoms with van der Waals surface area (Å²) in [5.74, 6) is -0.605. The standard InChI is InChI=1S/C10H14FNO3S/c1-8(7-13)12(2)16(14,15)10-5-3-4-9(11)6-10/h3-6,8,13H,7H2,1-2H3. The van der Waals surface area contributed by atoms with Gasteiger partial charge in [-0.2, -0.15) is 4.31 Å². The normalized spacial score (nSPS) is 14.1. The molecular weight excluding hydrogens is 233 g/mol. The Kier molecular flexibility index (Phi) is 4.01. The first-order chi connectivity index (χ1) is 7.39. The second-order valence-electron chi connectivity index (χ2n) is 3.51. The van der Waals surface area contributed by atoms with Crippen LogP contribution >= 0.6 is 0 Å². The lowest BCUT2D eigenvalue weighted by atomic mass is 10.4. The number of hydrogen-bond acceptors (Lipinski definition) is 3. The maximum absolute atomic E-state index is 12.9. The molecule has 6 heteroatoms. The van der Waals surface area contributed by atoms with Gasteiger partial charge in [0.1, 0.15) is 5.82 Å². The van der Waals surface area contributed by atoms with E-state index in [0.717, 1.165) is 10.4 Å². The smallest absolute Gasteiger partial charge is 0.243 e. The molecule has 1 aromatic rings. The summed E-state index contributed by atoms with van der Waals surface area (Å²) in [5, 5.41) is 8.89. The van der Waals surface area contributed by atoms with E-state index in [1.807, 2.05) is 0 Å². The largest absolute Gasteiger partial charge is 0.395 e. The summed E-state index contributed by atoms with van der Waals surface area (Å²) < 4.78 is 37.8. The Balaban J connectivity index is 3.12. The molecule has 0 aromatic heterocycles. The first kappa shape index (κ1) is 13.1. The molecule has 0 saturated heterocycles. The van der Waals surface area contributed by atoms with E-state index in [4.69, 9.17) is 5.11 Å². The molecule has 0 spiro atoms. The molecule has 90 valence electrons. The molecule has 0 aliphatic rings. The number of sulfonamides is 1. The number of nitrogens with zero attached hydrogens (tertiary/aromatic N) is 1. The number of aliphatic hydroxyl groups is 1. The number of likely N-dealkylation sites (N-methyl/N-ethyl adjacent to an activating group) is 1. The lowest BCUT2D eigenvalue weighted by Crippen LogP contribution is -2.37. The molecule has 1 rings (SSSR count). The van der Waals surface area contributed by atoms with Gasteiger partial charge in [-0.3, -0.25) is 0 Å². The van der Waals surface area contributed by atoms with Crippen LogP contribution in [0.4, 0.5) is 4.39 Å². The predicted octanol–water partition coefficient (Wildman–Crippen LogP) is 0.827. The highest BCUT2D eigenvalue weighted by atomic mass is 32.2. The van der Waals surface area contributed by atoms with Crippen molar-refractivity contribution in [2.24, 2.45) is 0 Å². The average Bonchev–Trinajstić information content (AvgIpc) is 2.27. The average molecular weight is 247 g/mol. The van der Waals surface area contributed by atoms with Gasteiger partial charge in [-0.05, 0) is 25.1 Å². The van der Waals surface area contributed by atoms with Gasteiger partial charge in [0.2, 0.25) is 10.0 Å². The van der Waals surface area contributed by atoms with Gasteiger partial charge in [0.05, 0.1) is 11.5 Å².